The van der Waals surface area contributed by atoms with Crippen molar-refractivity contribution in [1.29, 1.82) is 0 Å². The maximum Gasteiger partial charge on any atom is 0.269 e. The summed E-state index contributed by atoms with van der Waals surface area (Å²) in [5, 5.41) is 10.5. The molecule has 0 atom stereocenters. The second kappa shape index (κ2) is 5.38. The van der Waals surface area contributed by atoms with E-state index in [-0.39, 0.29) is 23.0 Å². The molecule has 0 spiro atoms. The number of ether oxygens (including phenoxy) is 1. The van der Waals surface area contributed by atoms with E-state index in [9.17, 15) is 14.5 Å². The summed E-state index contributed by atoms with van der Waals surface area (Å²) in [6.45, 7) is 1.76. The summed E-state index contributed by atoms with van der Waals surface area (Å²) in [5.74, 6) is -0.547. The first kappa shape index (κ1) is 12.9. The first-order valence-corrected chi connectivity index (χ1v) is 5.53. The van der Waals surface area contributed by atoms with E-state index in [1.165, 1.54) is 30.6 Å². The van der Waals surface area contributed by atoms with E-state index in [1.54, 1.807) is 6.92 Å². The number of nitrogens with zero attached hydrogens (tertiary/aromatic N) is 3. The summed E-state index contributed by atoms with van der Waals surface area (Å²) in [4.78, 5) is 17.4. The molecule has 0 fully saturated rings. The van der Waals surface area contributed by atoms with Gasteiger partial charge in [-0.05, 0) is 18.6 Å². The van der Waals surface area contributed by atoms with Crippen molar-refractivity contribution in [3.63, 3.8) is 0 Å². The Morgan fingerprint density at radius 3 is 2.58 bits per heavy atom. The van der Waals surface area contributed by atoms with Gasteiger partial charge in [-0.3, -0.25) is 10.1 Å². The van der Waals surface area contributed by atoms with Crippen molar-refractivity contribution in [2.45, 2.75) is 13.3 Å². The van der Waals surface area contributed by atoms with Crippen molar-refractivity contribution in [2.75, 3.05) is 0 Å². The average molecular weight is 263 g/mol. The molecule has 6 nitrogen and oxygen atoms in total. The van der Waals surface area contributed by atoms with Crippen molar-refractivity contribution in [2.24, 2.45) is 0 Å². The minimum Gasteiger partial charge on any atom is -0.436 e. The molecule has 0 N–H and O–H groups in total. The number of non-ortho nitro benzene ring substituents is 1. The van der Waals surface area contributed by atoms with Crippen molar-refractivity contribution in [1.82, 2.24) is 9.97 Å². The summed E-state index contributed by atoms with van der Waals surface area (Å²) in [6, 6.07) is 5.31. The van der Waals surface area contributed by atoms with Gasteiger partial charge in [0.2, 0.25) is 5.82 Å². The van der Waals surface area contributed by atoms with Crippen molar-refractivity contribution in [3.8, 4) is 11.6 Å². The highest BCUT2D eigenvalue weighted by Gasteiger charge is 2.12. The van der Waals surface area contributed by atoms with Crippen molar-refractivity contribution >= 4 is 5.69 Å². The van der Waals surface area contributed by atoms with Crippen LogP contribution in [0.3, 0.4) is 0 Å². The topological polar surface area (TPSA) is 78.2 Å². The zero-order valence-electron chi connectivity index (χ0n) is 10.0. The van der Waals surface area contributed by atoms with Crippen LogP contribution < -0.4 is 4.74 Å². The first-order chi connectivity index (χ1) is 9.11. The van der Waals surface area contributed by atoms with Gasteiger partial charge in [-0.15, -0.1) is 0 Å². The Balaban J connectivity index is 2.24. The largest absolute Gasteiger partial charge is 0.436 e. The molecular weight excluding hydrogens is 253 g/mol. The molecule has 0 unspecified atom stereocenters. The molecule has 0 aliphatic carbocycles. The molecule has 2 rings (SSSR count). The summed E-state index contributed by atoms with van der Waals surface area (Å²) in [6.07, 6.45) is 1.63. The highest BCUT2D eigenvalue weighted by atomic mass is 19.1. The number of halogens is 1. The lowest BCUT2D eigenvalue weighted by atomic mass is 10.3. The van der Waals surface area contributed by atoms with Crippen LogP contribution in [-0.4, -0.2) is 14.9 Å². The Labute approximate surface area is 108 Å². The van der Waals surface area contributed by atoms with Crippen molar-refractivity contribution in [3.05, 3.63) is 52.2 Å². The lowest BCUT2D eigenvalue weighted by Crippen LogP contribution is -1.99. The fourth-order valence-corrected chi connectivity index (χ4v) is 1.45. The summed E-state index contributed by atoms with van der Waals surface area (Å²) < 4.78 is 19.0. The van der Waals surface area contributed by atoms with Crippen LogP contribution >= 0.6 is 0 Å². The molecule has 0 bridgehead atoms. The standard InChI is InChI=1S/C12H10FN3O3/c1-2-10-11(13)12(15-7-14-10)19-9-5-3-8(4-6-9)16(17)18/h3-7H,2H2,1H3. The predicted octanol–water partition coefficient (Wildman–Crippen LogP) is 2.88. The van der Waals surface area contributed by atoms with Gasteiger partial charge in [0, 0.05) is 12.1 Å². The van der Waals surface area contributed by atoms with E-state index in [4.69, 9.17) is 4.74 Å². The third-order valence-corrected chi connectivity index (χ3v) is 2.43. The van der Waals surface area contributed by atoms with E-state index in [1.807, 2.05) is 0 Å². The SMILES string of the molecule is CCc1ncnc(Oc2ccc([N+](=O)[O-])cc2)c1F. The van der Waals surface area contributed by atoms with Crippen LogP contribution in [0, 0.1) is 15.9 Å². The highest BCUT2D eigenvalue weighted by molar-refractivity contribution is 5.37. The fraction of sp³-hybridized carbons (Fsp3) is 0.167. The highest BCUT2D eigenvalue weighted by Crippen LogP contribution is 2.25. The van der Waals surface area contributed by atoms with Crippen LogP contribution in [0.4, 0.5) is 10.1 Å². The predicted molar refractivity (Wildman–Crippen MR) is 64.5 cm³/mol. The van der Waals surface area contributed by atoms with Gasteiger partial charge in [-0.25, -0.2) is 4.98 Å². The average Bonchev–Trinajstić information content (AvgIpc) is 2.42. The van der Waals surface area contributed by atoms with E-state index in [0.717, 1.165) is 0 Å². The number of rotatable bonds is 4. The van der Waals surface area contributed by atoms with Gasteiger partial charge < -0.3 is 4.74 Å². The van der Waals surface area contributed by atoms with E-state index >= 15 is 0 Å². The van der Waals surface area contributed by atoms with E-state index in [2.05, 4.69) is 9.97 Å². The van der Waals surface area contributed by atoms with Gasteiger partial charge in [0.05, 0.1) is 10.6 Å². The Morgan fingerprint density at radius 2 is 2.00 bits per heavy atom. The molecule has 7 heteroatoms. The fourth-order valence-electron chi connectivity index (χ4n) is 1.45. The first-order valence-electron chi connectivity index (χ1n) is 5.53. The van der Waals surface area contributed by atoms with E-state index < -0.39 is 10.7 Å². The molecular formula is C12H10FN3O3. The molecule has 19 heavy (non-hydrogen) atoms. The Bertz CT molecular complexity index is 602. The molecule has 0 aliphatic rings. The van der Waals surface area contributed by atoms with Crippen LogP contribution in [0.15, 0.2) is 30.6 Å². The van der Waals surface area contributed by atoms with Gasteiger partial charge in [0.1, 0.15) is 12.1 Å². The molecule has 0 aliphatic heterocycles. The Morgan fingerprint density at radius 1 is 1.32 bits per heavy atom. The number of aryl methyl sites for hydroxylation is 1. The molecule has 0 saturated carbocycles. The monoisotopic (exact) mass is 263 g/mol. The number of aromatic nitrogens is 2. The lowest BCUT2D eigenvalue weighted by Gasteiger charge is -2.06. The maximum absolute atomic E-state index is 13.8. The molecule has 0 radical (unpaired) electrons. The van der Waals surface area contributed by atoms with Gasteiger partial charge in [-0.1, -0.05) is 6.92 Å². The third kappa shape index (κ3) is 2.82. The van der Waals surface area contributed by atoms with Crippen LogP contribution in [0.1, 0.15) is 12.6 Å². The molecule has 98 valence electrons. The molecule has 0 amide bonds. The lowest BCUT2D eigenvalue weighted by molar-refractivity contribution is -0.384. The van der Waals surface area contributed by atoms with Crippen LogP contribution in [0.25, 0.3) is 0 Å². The molecule has 1 aromatic heterocycles. The minimum atomic E-state index is -0.622. The molecule has 1 aromatic carbocycles. The molecule has 0 saturated heterocycles. The zero-order valence-corrected chi connectivity index (χ0v) is 10.0. The smallest absolute Gasteiger partial charge is 0.269 e. The third-order valence-electron chi connectivity index (χ3n) is 2.43. The zero-order chi connectivity index (χ0) is 13.8. The van der Waals surface area contributed by atoms with Gasteiger partial charge in [0.25, 0.3) is 11.6 Å². The molecule has 2 aromatic rings. The van der Waals surface area contributed by atoms with Crippen LogP contribution in [-0.2, 0) is 6.42 Å². The van der Waals surface area contributed by atoms with Crippen LogP contribution in [0.5, 0.6) is 11.6 Å². The second-order valence-electron chi connectivity index (χ2n) is 3.65. The maximum atomic E-state index is 13.8. The Hall–Kier alpha value is -2.57. The normalized spacial score (nSPS) is 10.2. The van der Waals surface area contributed by atoms with Gasteiger partial charge in [-0.2, -0.15) is 9.37 Å². The number of nitro benzene ring substituents is 1. The number of nitro groups is 1. The van der Waals surface area contributed by atoms with Crippen LogP contribution in [0.2, 0.25) is 0 Å². The quantitative estimate of drug-likeness (QED) is 0.626. The molecule has 1 heterocycles. The number of hydrogen-bond donors (Lipinski definition) is 0. The second-order valence-corrected chi connectivity index (χ2v) is 3.65. The number of benzene rings is 1. The summed E-state index contributed by atoms with van der Waals surface area (Å²) in [7, 11) is 0. The van der Waals surface area contributed by atoms with E-state index in [0.29, 0.717) is 6.42 Å². The van der Waals surface area contributed by atoms with Crippen molar-refractivity contribution < 1.29 is 14.1 Å². The minimum absolute atomic E-state index is 0.0650. The summed E-state index contributed by atoms with van der Waals surface area (Å²) >= 11 is 0. The number of hydrogen-bond acceptors (Lipinski definition) is 5. The summed E-state index contributed by atoms with van der Waals surface area (Å²) in [5.41, 5.74) is 0.191. The van der Waals surface area contributed by atoms with Gasteiger partial charge in [0.15, 0.2) is 0 Å². The Kier molecular flexibility index (Phi) is 3.65. The van der Waals surface area contributed by atoms with Gasteiger partial charge >= 0.3 is 0 Å².